The summed E-state index contributed by atoms with van der Waals surface area (Å²) in [5, 5.41) is 0. The topological polar surface area (TPSA) is 44.1 Å². The lowest BCUT2D eigenvalue weighted by molar-refractivity contribution is 0.0594. The van der Waals surface area contributed by atoms with Crippen molar-refractivity contribution in [3.63, 3.8) is 0 Å². The SMILES string of the molecule is COC(=O)c1cn2c(n1)CCC2. The van der Waals surface area contributed by atoms with Crippen LogP contribution in [0, 0.1) is 0 Å². The lowest BCUT2D eigenvalue weighted by atomic mass is 10.3. The van der Waals surface area contributed by atoms with Crippen LogP contribution in [0.15, 0.2) is 6.20 Å². The van der Waals surface area contributed by atoms with E-state index in [-0.39, 0.29) is 5.97 Å². The van der Waals surface area contributed by atoms with Crippen molar-refractivity contribution >= 4 is 5.97 Å². The van der Waals surface area contributed by atoms with E-state index >= 15 is 0 Å². The smallest absolute Gasteiger partial charge is 0.358 e. The number of carbonyl (C=O) groups is 1. The van der Waals surface area contributed by atoms with E-state index in [1.165, 1.54) is 7.11 Å². The largest absolute Gasteiger partial charge is 0.464 e. The summed E-state index contributed by atoms with van der Waals surface area (Å²) in [7, 11) is 1.37. The first-order chi connectivity index (χ1) is 5.81. The molecule has 4 heteroatoms. The molecule has 0 radical (unpaired) electrons. The van der Waals surface area contributed by atoms with Crippen molar-refractivity contribution < 1.29 is 9.53 Å². The van der Waals surface area contributed by atoms with Gasteiger partial charge in [0.2, 0.25) is 0 Å². The van der Waals surface area contributed by atoms with E-state index in [4.69, 9.17) is 0 Å². The molecular weight excluding hydrogens is 156 g/mol. The summed E-state index contributed by atoms with van der Waals surface area (Å²) in [6.07, 6.45) is 3.86. The molecule has 1 aliphatic rings. The van der Waals surface area contributed by atoms with Crippen LogP contribution in [-0.4, -0.2) is 22.6 Å². The van der Waals surface area contributed by atoms with Gasteiger partial charge in [-0.3, -0.25) is 0 Å². The fourth-order valence-corrected chi connectivity index (χ4v) is 1.46. The molecule has 0 fully saturated rings. The Morgan fingerprint density at radius 2 is 2.58 bits per heavy atom. The predicted octanol–water partition coefficient (Wildman–Crippen LogP) is 0.616. The van der Waals surface area contributed by atoms with E-state index in [1.54, 1.807) is 6.20 Å². The number of hydrogen-bond donors (Lipinski definition) is 0. The lowest BCUT2D eigenvalue weighted by Crippen LogP contribution is -2.01. The van der Waals surface area contributed by atoms with Crippen LogP contribution in [0.3, 0.4) is 0 Å². The number of methoxy groups -OCH3 is 1. The number of aromatic nitrogens is 2. The number of fused-ring (bicyclic) bond motifs is 1. The molecule has 2 heterocycles. The van der Waals surface area contributed by atoms with Gasteiger partial charge < -0.3 is 9.30 Å². The Kier molecular flexibility index (Phi) is 1.60. The molecule has 0 N–H and O–H groups in total. The fraction of sp³-hybridized carbons (Fsp3) is 0.500. The Balaban J connectivity index is 2.31. The maximum atomic E-state index is 11.0. The first-order valence-electron chi connectivity index (χ1n) is 3.95. The maximum Gasteiger partial charge on any atom is 0.358 e. The van der Waals surface area contributed by atoms with Crippen molar-refractivity contribution in [3.05, 3.63) is 17.7 Å². The lowest BCUT2D eigenvalue weighted by Gasteiger charge is -1.92. The highest BCUT2D eigenvalue weighted by Gasteiger charge is 2.17. The Bertz CT molecular complexity index is 295. The zero-order chi connectivity index (χ0) is 8.55. The van der Waals surface area contributed by atoms with E-state index in [9.17, 15) is 4.79 Å². The minimum Gasteiger partial charge on any atom is -0.464 e. The quantitative estimate of drug-likeness (QED) is 0.574. The molecule has 1 aliphatic heterocycles. The first kappa shape index (κ1) is 7.34. The summed E-state index contributed by atoms with van der Waals surface area (Å²) in [6, 6.07) is 0. The average molecular weight is 166 g/mol. The van der Waals surface area contributed by atoms with Crippen molar-refractivity contribution in [2.45, 2.75) is 19.4 Å². The van der Waals surface area contributed by atoms with Crippen molar-refractivity contribution in [2.24, 2.45) is 0 Å². The zero-order valence-corrected chi connectivity index (χ0v) is 6.91. The highest BCUT2D eigenvalue weighted by Crippen LogP contribution is 2.14. The van der Waals surface area contributed by atoms with Crippen molar-refractivity contribution in [3.8, 4) is 0 Å². The average Bonchev–Trinajstić information content (AvgIpc) is 2.60. The van der Waals surface area contributed by atoms with E-state index in [2.05, 4.69) is 9.72 Å². The van der Waals surface area contributed by atoms with Crippen molar-refractivity contribution in [1.29, 1.82) is 0 Å². The zero-order valence-electron chi connectivity index (χ0n) is 6.91. The number of carbonyl (C=O) groups excluding carboxylic acids is 1. The monoisotopic (exact) mass is 166 g/mol. The van der Waals surface area contributed by atoms with Crippen molar-refractivity contribution in [1.82, 2.24) is 9.55 Å². The van der Waals surface area contributed by atoms with Crippen LogP contribution < -0.4 is 0 Å². The molecule has 2 rings (SSSR count). The van der Waals surface area contributed by atoms with E-state index in [0.29, 0.717) is 5.69 Å². The number of ether oxygens (including phenoxy) is 1. The highest BCUT2D eigenvalue weighted by atomic mass is 16.5. The second kappa shape index (κ2) is 2.62. The molecule has 64 valence electrons. The summed E-state index contributed by atoms with van der Waals surface area (Å²) in [4.78, 5) is 15.2. The standard InChI is InChI=1S/C8H10N2O2/c1-12-8(11)6-5-10-4-2-3-7(10)9-6/h5H,2-4H2,1H3. The van der Waals surface area contributed by atoms with Gasteiger partial charge in [0.1, 0.15) is 5.82 Å². The van der Waals surface area contributed by atoms with Gasteiger partial charge in [0, 0.05) is 19.2 Å². The minimum absolute atomic E-state index is 0.350. The maximum absolute atomic E-state index is 11.0. The third-order valence-electron chi connectivity index (χ3n) is 2.05. The molecule has 4 nitrogen and oxygen atoms in total. The van der Waals surface area contributed by atoms with Gasteiger partial charge >= 0.3 is 5.97 Å². The van der Waals surface area contributed by atoms with E-state index < -0.39 is 0 Å². The molecule has 0 aromatic carbocycles. The summed E-state index contributed by atoms with van der Waals surface area (Å²) in [5.41, 5.74) is 0.423. The second-order valence-corrected chi connectivity index (χ2v) is 2.83. The van der Waals surface area contributed by atoms with Gasteiger partial charge in [-0.05, 0) is 6.42 Å². The first-order valence-corrected chi connectivity index (χ1v) is 3.95. The molecule has 0 atom stereocenters. The molecule has 0 aliphatic carbocycles. The Labute approximate surface area is 70.2 Å². The van der Waals surface area contributed by atoms with Crippen LogP contribution in [-0.2, 0) is 17.7 Å². The summed E-state index contributed by atoms with van der Waals surface area (Å²) in [5.74, 6) is 0.646. The van der Waals surface area contributed by atoms with E-state index in [0.717, 1.165) is 25.2 Å². The second-order valence-electron chi connectivity index (χ2n) is 2.83. The molecule has 12 heavy (non-hydrogen) atoms. The van der Waals surface area contributed by atoms with Crippen LogP contribution in [0.1, 0.15) is 22.7 Å². The molecule has 0 spiro atoms. The normalized spacial score (nSPS) is 14.4. The van der Waals surface area contributed by atoms with Gasteiger partial charge in [-0.1, -0.05) is 0 Å². The molecule has 0 saturated carbocycles. The molecule has 0 amide bonds. The summed E-state index contributed by atoms with van der Waals surface area (Å²) >= 11 is 0. The Hall–Kier alpha value is -1.32. The molecule has 1 aromatic rings. The van der Waals surface area contributed by atoms with E-state index in [1.807, 2.05) is 4.57 Å². The number of hydrogen-bond acceptors (Lipinski definition) is 3. The predicted molar refractivity (Wildman–Crippen MR) is 41.9 cm³/mol. The van der Waals surface area contributed by atoms with Crippen LogP contribution in [0.5, 0.6) is 0 Å². The third kappa shape index (κ3) is 0.995. The van der Waals surface area contributed by atoms with Crippen molar-refractivity contribution in [2.75, 3.05) is 7.11 Å². The van der Waals surface area contributed by atoms with Gasteiger partial charge in [0.15, 0.2) is 5.69 Å². The van der Waals surface area contributed by atoms with Crippen LogP contribution in [0.2, 0.25) is 0 Å². The van der Waals surface area contributed by atoms with Gasteiger partial charge in [0.25, 0.3) is 0 Å². The number of rotatable bonds is 1. The third-order valence-corrected chi connectivity index (χ3v) is 2.05. The number of esters is 1. The molecule has 0 saturated heterocycles. The van der Waals surface area contributed by atoms with Crippen LogP contribution in [0.4, 0.5) is 0 Å². The molecule has 0 bridgehead atoms. The molecule has 0 unspecified atom stereocenters. The molecule has 1 aromatic heterocycles. The Morgan fingerprint density at radius 3 is 3.25 bits per heavy atom. The molecular formula is C8H10N2O2. The fourth-order valence-electron chi connectivity index (χ4n) is 1.46. The minimum atomic E-state index is -0.350. The highest BCUT2D eigenvalue weighted by molar-refractivity contribution is 5.86. The van der Waals surface area contributed by atoms with Gasteiger partial charge in [-0.15, -0.1) is 0 Å². The van der Waals surface area contributed by atoms with Crippen LogP contribution in [0.25, 0.3) is 0 Å². The Morgan fingerprint density at radius 1 is 1.75 bits per heavy atom. The number of imidazole rings is 1. The summed E-state index contributed by atoms with van der Waals surface area (Å²) < 4.78 is 6.56. The number of nitrogens with zero attached hydrogens (tertiary/aromatic N) is 2. The number of aryl methyl sites for hydroxylation is 2. The summed E-state index contributed by atoms with van der Waals surface area (Å²) in [6.45, 7) is 0.972. The van der Waals surface area contributed by atoms with Crippen LogP contribution >= 0.6 is 0 Å². The van der Waals surface area contributed by atoms with Gasteiger partial charge in [-0.25, -0.2) is 9.78 Å². The van der Waals surface area contributed by atoms with Gasteiger partial charge in [0.05, 0.1) is 7.11 Å². The van der Waals surface area contributed by atoms with Gasteiger partial charge in [-0.2, -0.15) is 0 Å².